The molecule has 1 N–H and O–H groups in total. The molecule has 138 valence electrons. The maximum Gasteiger partial charge on any atom is 0.417 e. The van der Waals surface area contributed by atoms with Gasteiger partial charge in [-0.15, -0.1) is 10.2 Å². The van der Waals surface area contributed by atoms with Gasteiger partial charge in [0.25, 0.3) is 0 Å². The van der Waals surface area contributed by atoms with E-state index in [1.165, 1.54) is 18.3 Å². The number of rotatable bonds is 5. The van der Waals surface area contributed by atoms with Crippen molar-refractivity contribution in [3.8, 4) is 6.07 Å². The zero-order valence-corrected chi connectivity index (χ0v) is 15.6. The summed E-state index contributed by atoms with van der Waals surface area (Å²) >= 11 is 2.02. The molecule has 2 heterocycles. The minimum Gasteiger partial charge on any atom is -0.300 e. The fraction of sp³-hybridized carbons (Fsp3) is 0.400. The van der Waals surface area contributed by atoms with Gasteiger partial charge in [-0.1, -0.05) is 30.0 Å². The highest BCUT2D eigenvalue weighted by Crippen LogP contribution is 2.37. The van der Waals surface area contributed by atoms with E-state index in [0.717, 1.165) is 17.8 Å². The average molecular weight is 401 g/mol. The van der Waals surface area contributed by atoms with E-state index in [0.29, 0.717) is 16.6 Å². The Morgan fingerprint density at radius 1 is 1.42 bits per heavy atom. The molecule has 0 aliphatic heterocycles. The number of anilines is 1. The fourth-order valence-electron chi connectivity index (χ4n) is 2.05. The number of carbonyl (C=O) groups is 1. The van der Waals surface area contributed by atoms with Crippen LogP contribution in [-0.2, 0) is 11.0 Å². The van der Waals surface area contributed by atoms with Crippen molar-refractivity contribution in [2.45, 2.75) is 43.6 Å². The number of aryl methyl sites for hydroxylation is 2. The molecule has 11 heteroatoms. The van der Waals surface area contributed by atoms with Crippen LogP contribution >= 0.6 is 23.1 Å². The van der Waals surface area contributed by atoms with Gasteiger partial charge in [0.15, 0.2) is 0 Å². The molecule has 0 saturated carbocycles. The van der Waals surface area contributed by atoms with Gasteiger partial charge in [-0.05, 0) is 26.3 Å². The van der Waals surface area contributed by atoms with Gasteiger partial charge in [-0.2, -0.15) is 18.4 Å². The summed E-state index contributed by atoms with van der Waals surface area (Å²) in [5, 5.41) is 19.5. The summed E-state index contributed by atoms with van der Waals surface area (Å²) in [7, 11) is 0. The van der Waals surface area contributed by atoms with E-state index >= 15 is 0 Å². The molecule has 0 aliphatic rings. The minimum absolute atomic E-state index is 0.115. The van der Waals surface area contributed by atoms with Crippen molar-refractivity contribution >= 4 is 34.1 Å². The molecule has 0 fully saturated rings. The van der Waals surface area contributed by atoms with Gasteiger partial charge in [0, 0.05) is 5.69 Å². The Morgan fingerprint density at radius 3 is 2.62 bits per heavy atom. The average Bonchev–Trinajstić information content (AvgIpc) is 2.95. The van der Waals surface area contributed by atoms with Gasteiger partial charge < -0.3 is 0 Å². The largest absolute Gasteiger partial charge is 0.417 e. The number of carbonyl (C=O) groups excluding carboxylic acids is 1. The minimum atomic E-state index is -4.68. The lowest BCUT2D eigenvalue weighted by Crippen LogP contribution is -2.25. The van der Waals surface area contributed by atoms with E-state index in [2.05, 4.69) is 20.5 Å². The molecule has 1 amide bonds. The number of aromatic nitrogens is 3. The summed E-state index contributed by atoms with van der Waals surface area (Å²) in [4.78, 5) is 16.4. The SMILES string of the molecule is CCC(Sc1nc(C)cc(C(F)(F)F)c1C#N)C(=O)Nc1nnc(C)s1. The number of alkyl halides is 3. The van der Waals surface area contributed by atoms with Crippen molar-refractivity contribution in [3.05, 3.63) is 27.9 Å². The zero-order chi connectivity index (χ0) is 19.5. The van der Waals surface area contributed by atoms with Crippen LogP contribution in [0.4, 0.5) is 18.3 Å². The first-order valence-electron chi connectivity index (χ1n) is 7.42. The first kappa shape index (κ1) is 20.1. The standard InChI is InChI=1S/C15H14F3N5OS2/c1-4-11(12(24)21-14-23-22-8(3)25-14)26-13-9(6-19)10(15(16,17)18)5-7(2)20-13/h5,11H,4H2,1-3H3,(H,21,23,24). The van der Waals surface area contributed by atoms with Crippen LogP contribution < -0.4 is 5.32 Å². The quantitative estimate of drug-likeness (QED) is 0.763. The maximum absolute atomic E-state index is 13.2. The van der Waals surface area contributed by atoms with Gasteiger partial charge in [-0.25, -0.2) is 4.98 Å². The van der Waals surface area contributed by atoms with Crippen LogP contribution in [0, 0.1) is 25.2 Å². The number of nitrogens with one attached hydrogen (secondary N) is 1. The second-order valence-electron chi connectivity index (χ2n) is 5.23. The third kappa shape index (κ3) is 4.70. The van der Waals surface area contributed by atoms with E-state index in [9.17, 15) is 23.2 Å². The van der Waals surface area contributed by atoms with Crippen molar-refractivity contribution in [2.75, 3.05) is 5.32 Å². The number of hydrogen-bond donors (Lipinski definition) is 1. The monoisotopic (exact) mass is 401 g/mol. The second-order valence-corrected chi connectivity index (χ2v) is 7.60. The van der Waals surface area contributed by atoms with Crippen LogP contribution in [0.3, 0.4) is 0 Å². The summed E-state index contributed by atoms with van der Waals surface area (Å²) < 4.78 is 39.5. The summed E-state index contributed by atoms with van der Waals surface area (Å²) in [6.07, 6.45) is -4.35. The van der Waals surface area contributed by atoms with Crippen molar-refractivity contribution in [1.82, 2.24) is 15.2 Å². The first-order valence-corrected chi connectivity index (χ1v) is 9.11. The molecule has 2 aromatic heterocycles. The molecule has 6 nitrogen and oxygen atoms in total. The third-order valence-electron chi connectivity index (χ3n) is 3.20. The van der Waals surface area contributed by atoms with Gasteiger partial charge in [0.05, 0.1) is 16.4 Å². The highest BCUT2D eigenvalue weighted by Gasteiger charge is 2.36. The van der Waals surface area contributed by atoms with Gasteiger partial charge in [0.2, 0.25) is 11.0 Å². The van der Waals surface area contributed by atoms with Crippen LogP contribution in [-0.4, -0.2) is 26.3 Å². The molecular weight excluding hydrogens is 387 g/mol. The Labute approximate surface area is 155 Å². The van der Waals surface area contributed by atoms with Crippen molar-refractivity contribution < 1.29 is 18.0 Å². The van der Waals surface area contributed by atoms with E-state index in [-0.39, 0.29) is 10.7 Å². The fourth-order valence-corrected chi connectivity index (χ4v) is 3.72. The molecule has 26 heavy (non-hydrogen) atoms. The molecule has 1 unspecified atom stereocenters. The number of thioether (sulfide) groups is 1. The lowest BCUT2D eigenvalue weighted by Gasteiger charge is -2.16. The molecule has 1 atom stereocenters. The van der Waals surface area contributed by atoms with Crippen molar-refractivity contribution in [1.29, 1.82) is 5.26 Å². The zero-order valence-electron chi connectivity index (χ0n) is 14.0. The van der Waals surface area contributed by atoms with E-state index in [1.54, 1.807) is 19.9 Å². The molecule has 2 aromatic rings. The summed E-state index contributed by atoms with van der Waals surface area (Å²) in [5.74, 6) is -0.436. The highest BCUT2D eigenvalue weighted by molar-refractivity contribution is 8.00. The molecule has 2 rings (SSSR count). The lowest BCUT2D eigenvalue weighted by molar-refractivity contribution is -0.138. The molecule has 0 aliphatic carbocycles. The predicted molar refractivity (Wildman–Crippen MR) is 91.9 cm³/mol. The molecule has 0 bridgehead atoms. The number of amides is 1. The van der Waals surface area contributed by atoms with E-state index < -0.39 is 28.5 Å². The van der Waals surface area contributed by atoms with Gasteiger partial charge in [-0.3, -0.25) is 10.1 Å². The highest BCUT2D eigenvalue weighted by atomic mass is 32.2. The Balaban J connectivity index is 2.31. The van der Waals surface area contributed by atoms with Crippen molar-refractivity contribution in [2.24, 2.45) is 0 Å². The van der Waals surface area contributed by atoms with Crippen LogP contribution in [0.1, 0.15) is 35.2 Å². The molecule has 0 saturated heterocycles. The van der Waals surface area contributed by atoms with E-state index in [4.69, 9.17) is 0 Å². The number of halogens is 3. The summed E-state index contributed by atoms with van der Waals surface area (Å²) in [6, 6.07) is 2.39. The smallest absolute Gasteiger partial charge is 0.300 e. The topological polar surface area (TPSA) is 91.6 Å². The molecular formula is C15H14F3N5OS2. The molecule has 0 aromatic carbocycles. The Hall–Kier alpha value is -2.19. The normalized spacial score (nSPS) is 12.5. The van der Waals surface area contributed by atoms with Crippen LogP contribution in [0.15, 0.2) is 11.1 Å². The first-order chi connectivity index (χ1) is 12.2. The third-order valence-corrected chi connectivity index (χ3v) is 5.31. The molecule has 0 radical (unpaired) electrons. The maximum atomic E-state index is 13.2. The number of pyridine rings is 1. The predicted octanol–water partition coefficient (Wildman–Crippen LogP) is 3.95. The van der Waals surface area contributed by atoms with Crippen LogP contribution in [0.25, 0.3) is 0 Å². The summed E-state index contributed by atoms with van der Waals surface area (Å²) in [5.41, 5.74) is -1.51. The van der Waals surface area contributed by atoms with Gasteiger partial charge >= 0.3 is 6.18 Å². The Morgan fingerprint density at radius 2 is 2.12 bits per heavy atom. The number of nitriles is 1. The number of hydrogen-bond acceptors (Lipinski definition) is 7. The Kier molecular flexibility index (Phi) is 6.20. The summed E-state index contributed by atoms with van der Waals surface area (Å²) in [6.45, 7) is 4.86. The van der Waals surface area contributed by atoms with Crippen LogP contribution in [0.5, 0.6) is 0 Å². The van der Waals surface area contributed by atoms with E-state index in [1.807, 2.05) is 0 Å². The lowest BCUT2D eigenvalue weighted by atomic mass is 10.1. The second kappa shape index (κ2) is 8.01. The van der Waals surface area contributed by atoms with Crippen molar-refractivity contribution in [3.63, 3.8) is 0 Å². The van der Waals surface area contributed by atoms with Crippen LogP contribution in [0.2, 0.25) is 0 Å². The number of nitrogens with zero attached hydrogens (tertiary/aromatic N) is 4. The Bertz CT molecular complexity index is 860. The van der Waals surface area contributed by atoms with Gasteiger partial charge in [0.1, 0.15) is 16.1 Å². The molecule has 0 spiro atoms.